The third-order valence-corrected chi connectivity index (χ3v) is 4.08. The molecule has 7 nitrogen and oxygen atoms in total. The normalized spacial score (nSPS) is 11.6. The molecule has 0 bridgehead atoms. The van der Waals surface area contributed by atoms with Crippen LogP contribution in [0.5, 0.6) is 0 Å². The number of furan rings is 1. The molecule has 0 radical (unpaired) electrons. The lowest BCUT2D eigenvalue weighted by Crippen LogP contribution is -2.39. The van der Waals surface area contributed by atoms with E-state index in [4.69, 9.17) is 16.0 Å². The van der Waals surface area contributed by atoms with Gasteiger partial charge in [-0.25, -0.2) is 13.8 Å². The fourth-order valence-corrected chi connectivity index (χ4v) is 2.76. The van der Waals surface area contributed by atoms with E-state index < -0.39 is 22.5 Å². The third-order valence-electron chi connectivity index (χ3n) is 2.71. The summed E-state index contributed by atoms with van der Waals surface area (Å²) in [5.74, 6) is -0.140. The Labute approximate surface area is 138 Å². The minimum Gasteiger partial charge on any atom is -0.463 e. The van der Waals surface area contributed by atoms with Crippen molar-refractivity contribution in [2.75, 3.05) is 17.1 Å². The van der Waals surface area contributed by atoms with Crippen molar-refractivity contribution in [2.45, 2.75) is 0 Å². The van der Waals surface area contributed by atoms with Gasteiger partial charge < -0.3 is 4.42 Å². The van der Waals surface area contributed by atoms with Gasteiger partial charge in [0, 0.05) is 5.02 Å². The highest BCUT2D eigenvalue weighted by Crippen LogP contribution is 2.21. The van der Waals surface area contributed by atoms with Gasteiger partial charge in [0.25, 0.3) is 5.91 Å². The van der Waals surface area contributed by atoms with Gasteiger partial charge in [-0.15, -0.1) is 0 Å². The molecule has 1 amide bonds. The summed E-state index contributed by atoms with van der Waals surface area (Å²) in [6.07, 6.45) is 3.78. The molecule has 2 aromatic rings. The second-order valence-electron chi connectivity index (χ2n) is 4.56. The summed E-state index contributed by atoms with van der Waals surface area (Å²) in [7, 11) is -3.65. The van der Waals surface area contributed by atoms with Crippen LogP contribution in [-0.4, -0.2) is 33.3 Å². The van der Waals surface area contributed by atoms with Crippen molar-refractivity contribution in [1.29, 1.82) is 0 Å². The summed E-state index contributed by atoms with van der Waals surface area (Å²) in [6, 6.07) is 9.55. The van der Waals surface area contributed by atoms with Gasteiger partial charge in [-0.05, 0) is 30.3 Å². The first-order valence-electron chi connectivity index (χ1n) is 6.45. The Balaban J connectivity index is 2.08. The van der Waals surface area contributed by atoms with Crippen molar-refractivity contribution < 1.29 is 17.6 Å². The molecule has 0 atom stereocenters. The van der Waals surface area contributed by atoms with E-state index in [1.54, 1.807) is 30.3 Å². The number of hydrogen-bond donors (Lipinski definition) is 1. The Kier molecular flexibility index (Phi) is 5.41. The zero-order valence-corrected chi connectivity index (χ0v) is 13.7. The molecule has 0 spiro atoms. The molecule has 0 fully saturated rings. The first-order chi connectivity index (χ1) is 10.9. The molecular weight excluding hydrogens is 342 g/mol. The first-order valence-corrected chi connectivity index (χ1v) is 8.67. The van der Waals surface area contributed by atoms with Crippen LogP contribution in [0.1, 0.15) is 5.76 Å². The summed E-state index contributed by atoms with van der Waals surface area (Å²) in [6.45, 7) is -0.422. The van der Waals surface area contributed by atoms with E-state index in [1.165, 1.54) is 18.5 Å². The first kappa shape index (κ1) is 17.0. The fraction of sp³-hybridized carbons (Fsp3) is 0.143. The highest BCUT2D eigenvalue weighted by atomic mass is 35.5. The summed E-state index contributed by atoms with van der Waals surface area (Å²) < 4.78 is 29.7. The number of anilines is 1. The van der Waals surface area contributed by atoms with E-state index >= 15 is 0 Å². The lowest BCUT2D eigenvalue weighted by molar-refractivity contribution is -0.119. The van der Waals surface area contributed by atoms with Crippen LogP contribution in [0, 0.1) is 0 Å². The Morgan fingerprint density at radius 2 is 2.17 bits per heavy atom. The van der Waals surface area contributed by atoms with Gasteiger partial charge in [-0.3, -0.25) is 9.10 Å². The molecule has 1 aromatic carbocycles. The maximum atomic E-state index is 11.9. The van der Waals surface area contributed by atoms with Crippen molar-refractivity contribution in [2.24, 2.45) is 5.10 Å². The maximum absolute atomic E-state index is 11.9. The number of hydrogen-bond acceptors (Lipinski definition) is 5. The minimum atomic E-state index is -3.65. The molecule has 0 unspecified atom stereocenters. The predicted octanol–water partition coefficient (Wildman–Crippen LogP) is 1.85. The molecule has 23 heavy (non-hydrogen) atoms. The lowest BCUT2D eigenvalue weighted by atomic mass is 10.3. The smallest absolute Gasteiger partial charge is 0.260 e. The van der Waals surface area contributed by atoms with Crippen LogP contribution >= 0.6 is 11.6 Å². The van der Waals surface area contributed by atoms with Crippen molar-refractivity contribution in [3.05, 3.63) is 53.4 Å². The highest BCUT2D eigenvalue weighted by Gasteiger charge is 2.20. The van der Waals surface area contributed by atoms with Crippen molar-refractivity contribution in [1.82, 2.24) is 5.43 Å². The molecule has 0 saturated carbocycles. The second kappa shape index (κ2) is 7.30. The van der Waals surface area contributed by atoms with Crippen LogP contribution in [0.25, 0.3) is 0 Å². The SMILES string of the molecule is CS(=O)(=O)N(CC(=O)N/N=C\c1ccco1)c1cccc(Cl)c1. The molecule has 1 aromatic heterocycles. The Morgan fingerprint density at radius 1 is 1.39 bits per heavy atom. The Hall–Kier alpha value is -2.32. The number of rotatable bonds is 6. The Morgan fingerprint density at radius 3 is 2.78 bits per heavy atom. The van der Waals surface area contributed by atoms with Gasteiger partial charge in [-0.1, -0.05) is 17.7 Å². The van der Waals surface area contributed by atoms with E-state index in [2.05, 4.69) is 10.5 Å². The zero-order chi connectivity index (χ0) is 16.9. The van der Waals surface area contributed by atoms with Gasteiger partial charge in [0.05, 0.1) is 24.4 Å². The zero-order valence-electron chi connectivity index (χ0n) is 12.1. The summed E-state index contributed by atoms with van der Waals surface area (Å²) in [5, 5.41) is 4.06. The van der Waals surface area contributed by atoms with Crippen molar-refractivity contribution >= 4 is 39.4 Å². The van der Waals surface area contributed by atoms with Crippen LogP contribution in [-0.2, 0) is 14.8 Å². The van der Waals surface area contributed by atoms with Gasteiger partial charge in [0.2, 0.25) is 10.0 Å². The number of carbonyl (C=O) groups excluding carboxylic acids is 1. The second-order valence-corrected chi connectivity index (χ2v) is 6.90. The quantitative estimate of drug-likeness (QED) is 0.632. The summed E-state index contributed by atoms with van der Waals surface area (Å²) in [4.78, 5) is 11.9. The van der Waals surface area contributed by atoms with Gasteiger partial charge >= 0.3 is 0 Å². The maximum Gasteiger partial charge on any atom is 0.260 e. The summed E-state index contributed by atoms with van der Waals surface area (Å²) in [5.41, 5.74) is 2.54. The highest BCUT2D eigenvalue weighted by molar-refractivity contribution is 7.92. The summed E-state index contributed by atoms with van der Waals surface area (Å²) >= 11 is 5.86. The van der Waals surface area contributed by atoms with Crippen LogP contribution in [0.2, 0.25) is 5.02 Å². The molecule has 2 rings (SSSR count). The number of hydrazone groups is 1. The lowest BCUT2D eigenvalue weighted by Gasteiger charge is -2.21. The van der Waals surface area contributed by atoms with Gasteiger partial charge in [-0.2, -0.15) is 5.10 Å². The molecule has 0 aliphatic carbocycles. The number of benzene rings is 1. The van der Waals surface area contributed by atoms with Gasteiger partial charge in [0.1, 0.15) is 12.3 Å². The topological polar surface area (TPSA) is 92.0 Å². The van der Waals surface area contributed by atoms with E-state index in [1.807, 2.05) is 0 Å². The number of carbonyl (C=O) groups is 1. The van der Waals surface area contributed by atoms with Crippen LogP contribution in [0.4, 0.5) is 5.69 Å². The van der Waals surface area contributed by atoms with Crippen LogP contribution < -0.4 is 9.73 Å². The molecule has 122 valence electrons. The monoisotopic (exact) mass is 355 g/mol. The van der Waals surface area contributed by atoms with E-state index in [9.17, 15) is 13.2 Å². The van der Waals surface area contributed by atoms with E-state index in [-0.39, 0.29) is 0 Å². The number of amides is 1. The molecule has 0 saturated heterocycles. The molecule has 1 heterocycles. The number of sulfonamides is 1. The number of nitrogens with one attached hydrogen (secondary N) is 1. The van der Waals surface area contributed by atoms with Gasteiger partial charge in [0.15, 0.2) is 0 Å². The standard InChI is InChI=1S/C14H14ClN3O4S/c1-23(20,21)18(12-5-2-4-11(15)8-12)10-14(19)17-16-9-13-6-3-7-22-13/h2-9H,10H2,1H3,(H,17,19)/b16-9-. The predicted molar refractivity (Wildman–Crippen MR) is 88.1 cm³/mol. The number of nitrogens with zero attached hydrogens (tertiary/aromatic N) is 2. The minimum absolute atomic E-state index is 0.296. The molecule has 1 N–H and O–H groups in total. The van der Waals surface area contributed by atoms with E-state index in [0.29, 0.717) is 16.5 Å². The molecular formula is C14H14ClN3O4S. The third kappa shape index (κ3) is 5.11. The average molecular weight is 356 g/mol. The molecule has 0 aliphatic heterocycles. The largest absolute Gasteiger partial charge is 0.463 e. The number of halogens is 1. The van der Waals surface area contributed by atoms with Crippen molar-refractivity contribution in [3.8, 4) is 0 Å². The fourth-order valence-electron chi connectivity index (χ4n) is 1.73. The average Bonchev–Trinajstić information content (AvgIpc) is 2.97. The van der Waals surface area contributed by atoms with Crippen LogP contribution in [0.3, 0.4) is 0 Å². The van der Waals surface area contributed by atoms with Crippen molar-refractivity contribution in [3.63, 3.8) is 0 Å². The van der Waals surface area contributed by atoms with Crippen LogP contribution in [0.15, 0.2) is 52.2 Å². The Bertz CT molecular complexity index is 803. The molecule has 9 heteroatoms. The molecule has 0 aliphatic rings. The van der Waals surface area contributed by atoms with E-state index in [0.717, 1.165) is 10.6 Å².